The topological polar surface area (TPSA) is 101 Å². The summed E-state index contributed by atoms with van der Waals surface area (Å²) in [5.41, 5.74) is -0.778. The second kappa shape index (κ2) is 6.88. The molecule has 0 saturated carbocycles. The van der Waals surface area contributed by atoms with E-state index in [1.807, 2.05) is 6.92 Å². The fourth-order valence-corrected chi connectivity index (χ4v) is 3.87. The van der Waals surface area contributed by atoms with Gasteiger partial charge in [-0.15, -0.1) is 0 Å². The number of para-hydroxylation sites is 1. The highest BCUT2D eigenvalue weighted by atomic mass is 32.2. The van der Waals surface area contributed by atoms with Crippen molar-refractivity contribution in [1.82, 2.24) is 0 Å². The van der Waals surface area contributed by atoms with E-state index in [1.165, 1.54) is 30.0 Å². The second-order valence-corrected chi connectivity index (χ2v) is 8.13. The minimum Gasteiger partial charge on any atom is -0.377 e. The average Bonchev–Trinajstić information content (AvgIpc) is 2.64. The van der Waals surface area contributed by atoms with E-state index >= 15 is 0 Å². The molecular weight excluding hydrogens is 370 g/mol. The first-order valence-electron chi connectivity index (χ1n) is 8.24. The molecule has 0 fully saturated rings. The molecule has 1 amide bonds. The van der Waals surface area contributed by atoms with E-state index in [4.69, 9.17) is 4.18 Å². The molecule has 0 spiro atoms. The van der Waals surface area contributed by atoms with Crippen LogP contribution in [0.4, 0.5) is 5.69 Å². The summed E-state index contributed by atoms with van der Waals surface area (Å²) in [6, 6.07) is 12.3. The van der Waals surface area contributed by atoms with Gasteiger partial charge in [0.25, 0.3) is 10.1 Å². The van der Waals surface area contributed by atoms with Gasteiger partial charge < -0.3 is 10.0 Å². The average molecular weight is 389 g/mol. The molecule has 142 valence electrons. The number of nitrogens with zero attached hydrogens (tertiary/aromatic N) is 1. The number of carbonyl (C=O) groups excluding carboxylic acids is 2. The first-order valence-corrected chi connectivity index (χ1v) is 9.65. The van der Waals surface area contributed by atoms with Gasteiger partial charge >= 0.3 is 0 Å². The normalized spacial score (nSPS) is 19.7. The lowest BCUT2D eigenvalue weighted by molar-refractivity contribution is -0.117. The van der Waals surface area contributed by atoms with Crippen LogP contribution in [0.25, 0.3) is 0 Å². The highest BCUT2D eigenvalue weighted by molar-refractivity contribution is 7.86. The summed E-state index contributed by atoms with van der Waals surface area (Å²) in [5.74, 6) is -1.07. The van der Waals surface area contributed by atoms with E-state index in [9.17, 15) is 23.1 Å². The third-order valence-corrected chi connectivity index (χ3v) is 5.70. The van der Waals surface area contributed by atoms with Crippen molar-refractivity contribution in [3.8, 4) is 0 Å². The van der Waals surface area contributed by atoms with Crippen molar-refractivity contribution >= 4 is 27.5 Å². The Hall–Kier alpha value is -2.55. The molecule has 1 atom stereocenters. The van der Waals surface area contributed by atoms with Crippen LogP contribution in [0.2, 0.25) is 0 Å². The van der Waals surface area contributed by atoms with Gasteiger partial charge in [-0.05, 0) is 31.2 Å². The predicted molar refractivity (Wildman–Crippen MR) is 98.1 cm³/mol. The zero-order chi connectivity index (χ0) is 19.8. The number of fused-ring (bicyclic) bond motifs is 1. The largest absolute Gasteiger partial charge is 0.377 e. The molecule has 1 unspecified atom stereocenters. The van der Waals surface area contributed by atoms with E-state index < -0.39 is 28.1 Å². The zero-order valence-corrected chi connectivity index (χ0v) is 15.7. The van der Waals surface area contributed by atoms with E-state index in [-0.39, 0.29) is 22.9 Å². The summed E-state index contributed by atoms with van der Waals surface area (Å²) in [4.78, 5) is 25.9. The first-order chi connectivity index (χ1) is 12.6. The number of aliphatic hydroxyl groups is 1. The van der Waals surface area contributed by atoms with E-state index in [0.717, 1.165) is 5.56 Å². The molecular formula is C19H19NO6S. The van der Waals surface area contributed by atoms with Crippen molar-refractivity contribution in [1.29, 1.82) is 0 Å². The maximum atomic E-state index is 12.7. The minimum atomic E-state index is -4.17. The molecule has 3 rings (SSSR count). The van der Waals surface area contributed by atoms with Crippen LogP contribution in [-0.2, 0) is 19.1 Å². The summed E-state index contributed by atoms with van der Waals surface area (Å²) in [6.45, 7) is 1.94. The van der Waals surface area contributed by atoms with Gasteiger partial charge in [0.05, 0.1) is 17.1 Å². The van der Waals surface area contributed by atoms with Crippen LogP contribution >= 0.6 is 0 Å². The number of aryl methyl sites for hydroxylation is 1. The Bertz CT molecular complexity index is 999. The third kappa shape index (κ3) is 3.64. The quantitative estimate of drug-likeness (QED) is 0.799. The number of benzene rings is 2. The van der Waals surface area contributed by atoms with Crippen LogP contribution in [0, 0.1) is 6.92 Å². The van der Waals surface area contributed by atoms with Gasteiger partial charge in [0, 0.05) is 12.5 Å². The van der Waals surface area contributed by atoms with Crippen LogP contribution in [0.3, 0.4) is 0 Å². The van der Waals surface area contributed by atoms with Crippen LogP contribution in [0.5, 0.6) is 0 Å². The van der Waals surface area contributed by atoms with Gasteiger partial charge in [-0.1, -0.05) is 29.8 Å². The fourth-order valence-electron chi connectivity index (χ4n) is 2.91. The van der Waals surface area contributed by atoms with Crippen molar-refractivity contribution in [3.63, 3.8) is 0 Å². The van der Waals surface area contributed by atoms with Crippen molar-refractivity contribution in [2.24, 2.45) is 0 Å². The molecule has 8 heteroatoms. The third-order valence-electron chi connectivity index (χ3n) is 4.42. The van der Waals surface area contributed by atoms with E-state index in [2.05, 4.69) is 0 Å². The molecule has 0 saturated heterocycles. The molecule has 2 aromatic rings. The summed E-state index contributed by atoms with van der Waals surface area (Å²) < 4.78 is 29.7. The van der Waals surface area contributed by atoms with Gasteiger partial charge in [-0.2, -0.15) is 8.42 Å². The standard InChI is InChI=1S/C19H19NO6S/c1-13-7-9-15(10-8-13)27(24,25)26-12-19(23)11-20(14(2)21)17-6-4-3-5-16(17)18(19)22/h3-10,23H,11-12H2,1-2H3. The molecule has 2 aromatic carbocycles. The SMILES string of the molecule is CC(=O)N1CC(O)(COS(=O)(=O)c2ccc(C)cc2)C(=O)c2ccccc21. The number of carbonyl (C=O) groups is 2. The number of amides is 1. The Morgan fingerprint density at radius 2 is 1.81 bits per heavy atom. The molecule has 0 radical (unpaired) electrons. The highest BCUT2D eigenvalue weighted by Crippen LogP contribution is 2.32. The molecule has 0 aliphatic carbocycles. The van der Waals surface area contributed by atoms with Gasteiger partial charge in [-0.3, -0.25) is 13.8 Å². The molecule has 27 heavy (non-hydrogen) atoms. The smallest absolute Gasteiger partial charge is 0.297 e. The maximum Gasteiger partial charge on any atom is 0.297 e. The molecule has 1 heterocycles. The second-order valence-electron chi connectivity index (χ2n) is 6.51. The maximum absolute atomic E-state index is 12.7. The fraction of sp³-hybridized carbons (Fsp3) is 0.263. The van der Waals surface area contributed by atoms with Gasteiger partial charge in [0.1, 0.15) is 6.61 Å². The van der Waals surface area contributed by atoms with Crippen LogP contribution in [0.1, 0.15) is 22.8 Å². The van der Waals surface area contributed by atoms with Crippen LogP contribution < -0.4 is 4.90 Å². The van der Waals surface area contributed by atoms with Gasteiger partial charge in [0.2, 0.25) is 11.7 Å². The molecule has 1 aliphatic heterocycles. The van der Waals surface area contributed by atoms with Crippen molar-refractivity contribution < 1.29 is 27.3 Å². The molecule has 0 aromatic heterocycles. The first kappa shape index (κ1) is 19.2. The van der Waals surface area contributed by atoms with E-state index in [0.29, 0.717) is 5.69 Å². The van der Waals surface area contributed by atoms with Gasteiger partial charge in [-0.25, -0.2) is 0 Å². The summed E-state index contributed by atoms with van der Waals surface area (Å²) >= 11 is 0. The Balaban J connectivity index is 1.89. The number of hydrogen-bond donors (Lipinski definition) is 1. The Morgan fingerprint density at radius 3 is 2.44 bits per heavy atom. The lowest BCUT2D eigenvalue weighted by atomic mass is 9.87. The zero-order valence-electron chi connectivity index (χ0n) is 14.9. The van der Waals surface area contributed by atoms with Crippen molar-refractivity contribution in [3.05, 3.63) is 59.7 Å². The number of anilines is 1. The number of ketones is 1. The minimum absolute atomic E-state index is 0.0798. The monoisotopic (exact) mass is 389 g/mol. The molecule has 0 bridgehead atoms. The van der Waals surface area contributed by atoms with Crippen molar-refractivity contribution in [2.75, 3.05) is 18.1 Å². The summed E-state index contributed by atoms with van der Waals surface area (Å²) in [6.07, 6.45) is 0. The molecule has 1 aliphatic rings. The van der Waals surface area contributed by atoms with Crippen LogP contribution in [-0.4, -0.2) is 44.0 Å². The Kier molecular flexibility index (Phi) is 4.90. The highest BCUT2D eigenvalue weighted by Gasteiger charge is 2.46. The lowest BCUT2D eigenvalue weighted by Crippen LogP contribution is -2.57. The van der Waals surface area contributed by atoms with Gasteiger partial charge in [0.15, 0.2) is 5.60 Å². The predicted octanol–water partition coefficient (Wildman–Crippen LogP) is 1.68. The number of Topliss-reactive ketones (excluding diaryl/α,β-unsaturated/α-hetero) is 1. The summed E-state index contributed by atoms with van der Waals surface area (Å²) in [5, 5.41) is 10.8. The number of rotatable bonds is 4. The Labute approximate surface area is 157 Å². The van der Waals surface area contributed by atoms with Crippen LogP contribution in [0.15, 0.2) is 53.4 Å². The van der Waals surface area contributed by atoms with Crippen molar-refractivity contribution in [2.45, 2.75) is 24.3 Å². The molecule has 7 nitrogen and oxygen atoms in total. The molecule has 1 N–H and O–H groups in total. The number of β-amino-alcohol motifs (C(OH)–C–C–N with tert-alkyl or cyclic N) is 1. The Morgan fingerprint density at radius 1 is 1.19 bits per heavy atom. The van der Waals surface area contributed by atoms with E-state index in [1.54, 1.807) is 30.3 Å². The number of hydrogen-bond acceptors (Lipinski definition) is 6. The lowest BCUT2D eigenvalue weighted by Gasteiger charge is -2.38. The summed E-state index contributed by atoms with van der Waals surface area (Å²) in [7, 11) is -4.17.